The Bertz CT molecular complexity index is 852. The lowest BCUT2D eigenvalue weighted by atomic mass is 10.2. The second-order valence-corrected chi connectivity index (χ2v) is 7.42. The van der Waals surface area contributed by atoms with Gasteiger partial charge in [-0.1, -0.05) is 30.3 Å². The summed E-state index contributed by atoms with van der Waals surface area (Å²) in [4.78, 5) is 31.4. The molecule has 1 amide bonds. The maximum absolute atomic E-state index is 12.7. The van der Waals surface area contributed by atoms with Gasteiger partial charge in [-0.2, -0.15) is 0 Å². The molecule has 1 saturated heterocycles. The summed E-state index contributed by atoms with van der Waals surface area (Å²) in [6, 6.07) is 16.0. The van der Waals surface area contributed by atoms with Crippen LogP contribution in [0, 0.1) is 0 Å². The molecule has 1 fully saturated rings. The first-order chi connectivity index (χ1) is 13.5. The molecule has 8 heteroatoms. The second kappa shape index (κ2) is 9.27. The molecule has 1 atom stereocenters. The molecule has 3 rings (SSSR count). The molecule has 7 nitrogen and oxygen atoms in total. The SMILES string of the molecule is NC(N)=Nc1ccc(SC(=O)[C@@H]2CCCN2C(=O)OCc2ccccc2)cc1. The van der Waals surface area contributed by atoms with Crippen LogP contribution in [-0.4, -0.2) is 34.7 Å². The molecule has 2 aromatic rings. The number of aliphatic imine (C=N–C) groups is 1. The first-order valence-corrected chi connectivity index (χ1v) is 9.73. The smallest absolute Gasteiger partial charge is 0.410 e. The van der Waals surface area contributed by atoms with Gasteiger partial charge in [-0.05, 0) is 54.4 Å². The van der Waals surface area contributed by atoms with E-state index >= 15 is 0 Å². The average Bonchev–Trinajstić information content (AvgIpc) is 3.18. The van der Waals surface area contributed by atoms with Crippen LogP contribution in [0.4, 0.5) is 10.5 Å². The highest BCUT2D eigenvalue weighted by Gasteiger charge is 2.35. The third-order valence-electron chi connectivity index (χ3n) is 4.28. The highest BCUT2D eigenvalue weighted by atomic mass is 32.2. The Hall–Kier alpha value is -3.00. The fraction of sp³-hybridized carbons (Fsp3) is 0.250. The van der Waals surface area contributed by atoms with Crippen molar-refractivity contribution in [3.05, 3.63) is 60.2 Å². The number of nitrogens with two attached hydrogens (primary N) is 2. The number of hydrogen-bond donors (Lipinski definition) is 2. The van der Waals surface area contributed by atoms with Crippen LogP contribution in [0.1, 0.15) is 18.4 Å². The number of thioether (sulfide) groups is 1. The lowest BCUT2D eigenvalue weighted by Crippen LogP contribution is -2.39. The zero-order valence-corrected chi connectivity index (χ0v) is 16.1. The van der Waals surface area contributed by atoms with Crippen LogP contribution in [-0.2, 0) is 16.1 Å². The quantitative estimate of drug-likeness (QED) is 0.455. The van der Waals surface area contributed by atoms with E-state index in [2.05, 4.69) is 4.99 Å². The number of rotatable bonds is 5. The largest absolute Gasteiger partial charge is 0.445 e. The maximum atomic E-state index is 12.7. The topological polar surface area (TPSA) is 111 Å². The van der Waals surface area contributed by atoms with E-state index in [1.807, 2.05) is 30.3 Å². The third-order valence-corrected chi connectivity index (χ3v) is 5.26. The molecule has 0 aromatic heterocycles. The third kappa shape index (κ3) is 5.26. The van der Waals surface area contributed by atoms with E-state index in [9.17, 15) is 9.59 Å². The van der Waals surface area contributed by atoms with Crippen LogP contribution in [0.2, 0.25) is 0 Å². The molecule has 1 aliphatic heterocycles. The highest BCUT2D eigenvalue weighted by Crippen LogP contribution is 2.29. The molecule has 4 N–H and O–H groups in total. The Labute approximate surface area is 167 Å². The number of guanidine groups is 1. The molecule has 0 unspecified atom stereocenters. The fourth-order valence-corrected chi connectivity index (χ4v) is 3.84. The van der Waals surface area contributed by atoms with Gasteiger partial charge in [0.1, 0.15) is 12.6 Å². The second-order valence-electron chi connectivity index (χ2n) is 6.34. The van der Waals surface area contributed by atoms with E-state index in [0.29, 0.717) is 18.7 Å². The number of hydrogen-bond acceptors (Lipinski definition) is 5. The molecule has 0 saturated carbocycles. The van der Waals surface area contributed by atoms with Crippen LogP contribution < -0.4 is 11.5 Å². The summed E-state index contributed by atoms with van der Waals surface area (Å²) < 4.78 is 5.38. The lowest BCUT2D eigenvalue weighted by molar-refractivity contribution is -0.114. The Morgan fingerprint density at radius 1 is 1.11 bits per heavy atom. The average molecular weight is 398 g/mol. The van der Waals surface area contributed by atoms with Crippen molar-refractivity contribution >= 4 is 34.6 Å². The Morgan fingerprint density at radius 3 is 2.50 bits per heavy atom. The van der Waals surface area contributed by atoms with Crippen LogP contribution in [0.3, 0.4) is 0 Å². The van der Waals surface area contributed by atoms with Crippen molar-refractivity contribution in [1.29, 1.82) is 0 Å². The van der Waals surface area contributed by atoms with Gasteiger partial charge in [0.15, 0.2) is 5.96 Å². The molecular weight excluding hydrogens is 376 g/mol. The van der Waals surface area contributed by atoms with E-state index in [4.69, 9.17) is 16.2 Å². The number of carbonyl (C=O) groups is 2. The van der Waals surface area contributed by atoms with Crippen molar-refractivity contribution in [1.82, 2.24) is 4.90 Å². The van der Waals surface area contributed by atoms with E-state index in [1.165, 1.54) is 4.90 Å². The van der Waals surface area contributed by atoms with Gasteiger partial charge in [0.2, 0.25) is 5.12 Å². The predicted octanol–water partition coefficient (Wildman–Crippen LogP) is 3.01. The normalized spacial score (nSPS) is 15.9. The van der Waals surface area contributed by atoms with E-state index in [1.54, 1.807) is 24.3 Å². The summed E-state index contributed by atoms with van der Waals surface area (Å²) in [6.07, 6.45) is 0.961. The van der Waals surface area contributed by atoms with Crippen molar-refractivity contribution in [3.8, 4) is 0 Å². The van der Waals surface area contributed by atoms with Gasteiger partial charge in [0, 0.05) is 11.4 Å². The van der Waals surface area contributed by atoms with Crippen LogP contribution >= 0.6 is 11.8 Å². The van der Waals surface area contributed by atoms with E-state index in [0.717, 1.165) is 28.6 Å². The Kier molecular flexibility index (Phi) is 6.54. The minimum atomic E-state index is -0.481. The summed E-state index contributed by atoms with van der Waals surface area (Å²) in [5.74, 6) is -0.0212. The van der Waals surface area contributed by atoms with Crippen molar-refractivity contribution in [2.75, 3.05) is 6.54 Å². The summed E-state index contributed by atoms with van der Waals surface area (Å²) in [5, 5.41) is -0.0799. The number of benzene rings is 2. The highest BCUT2D eigenvalue weighted by molar-refractivity contribution is 8.13. The molecule has 2 aromatic carbocycles. The first-order valence-electron chi connectivity index (χ1n) is 8.91. The zero-order chi connectivity index (χ0) is 19.9. The molecular formula is C20H22N4O3S. The van der Waals surface area contributed by atoms with Gasteiger partial charge in [-0.25, -0.2) is 9.79 Å². The van der Waals surface area contributed by atoms with Gasteiger partial charge in [-0.15, -0.1) is 0 Å². The minimum Gasteiger partial charge on any atom is -0.445 e. The molecule has 0 aliphatic carbocycles. The summed E-state index contributed by atoms with van der Waals surface area (Å²) in [6.45, 7) is 0.713. The number of likely N-dealkylation sites (tertiary alicyclic amines) is 1. The van der Waals surface area contributed by atoms with E-state index < -0.39 is 12.1 Å². The lowest BCUT2D eigenvalue weighted by Gasteiger charge is -2.22. The van der Waals surface area contributed by atoms with Gasteiger partial charge < -0.3 is 16.2 Å². The van der Waals surface area contributed by atoms with Crippen molar-refractivity contribution in [2.24, 2.45) is 16.5 Å². The minimum absolute atomic E-state index is 0.0212. The number of ether oxygens (including phenoxy) is 1. The van der Waals surface area contributed by atoms with Crippen LogP contribution in [0.15, 0.2) is 64.5 Å². The molecule has 0 spiro atoms. The molecule has 28 heavy (non-hydrogen) atoms. The van der Waals surface area contributed by atoms with Crippen molar-refractivity contribution in [3.63, 3.8) is 0 Å². The van der Waals surface area contributed by atoms with Crippen molar-refractivity contribution in [2.45, 2.75) is 30.4 Å². The van der Waals surface area contributed by atoms with Crippen molar-refractivity contribution < 1.29 is 14.3 Å². The van der Waals surface area contributed by atoms with Gasteiger partial charge >= 0.3 is 6.09 Å². The summed E-state index contributed by atoms with van der Waals surface area (Å²) in [7, 11) is 0. The number of carbonyl (C=O) groups excluding carboxylic acids is 2. The van der Waals surface area contributed by atoms with Crippen LogP contribution in [0.5, 0.6) is 0 Å². The Balaban J connectivity index is 1.58. The standard InChI is InChI=1S/C20H22N4O3S/c21-19(22)23-15-8-10-16(11-9-15)28-18(25)17-7-4-12-24(17)20(26)27-13-14-5-2-1-3-6-14/h1-3,5-6,8-11,17H,4,7,12-13H2,(H4,21,22,23)/t17-/m0/s1. The summed E-state index contributed by atoms with van der Waals surface area (Å²) in [5.41, 5.74) is 12.2. The fourth-order valence-electron chi connectivity index (χ4n) is 2.95. The number of amides is 1. The zero-order valence-electron chi connectivity index (χ0n) is 15.3. The monoisotopic (exact) mass is 398 g/mol. The van der Waals surface area contributed by atoms with Gasteiger partial charge in [-0.3, -0.25) is 9.69 Å². The summed E-state index contributed by atoms with van der Waals surface area (Å²) >= 11 is 1.10. The predicted molar refractivity (Wildman–Crippen MR) is 109 cm³/mol. The van der Waals surface area contributed by atoms with E-state index in [-0.39, 0.29) is 17.7 Å². The molecule has 1 heterocycles. The first kappa shape index (κ1) is 19.8. The van der Waals surface area contributed by atoms with Gasteiger partial charge in [0.05, 0.1) is 5.69 Å². The molecule has 1 aliphatic rings. The Morgan fingerprint density at radius 2 is 1.82 bits per heavy atom. The molecule has 0 radical (unpaired) electrons. The van der Waals surface area contributed by atoms with Gasteiger partial charge in [0.25, 0.3) is 0 Å². The number of nitrogens with zero attached hydrogens (tertiary/aromatic N) is 2. The maximum Gasteiger partial charge on any atom is 0.410 e. The molecule has 0 bridgehead atoms. The van der Waals surface area contributed by atoms with Crippen LogP contribution in [0.25, 0.3) is 0 Å². The molecule has 146 valence electrons.